The lowest BCUT2D eigenvalue weighted by atomic mass is 9.99. The minimum atomic E-state index is -5.35. The summed E-state index contributed by atoms with van der Waals surface area (Å²) in [5.74, 6) is -4.82. The van der Waals surface area contributed by atoms with Crippen LogP contribution < -0.4 is 9.47 Å². The molecular formula is C33H22F10O2. The fraction of sp³-hybridized carbons (Fsp3) is 0.212. The molecule has 4 aromatic rings. The number of aryl methyl sites for hydroxylation is 1. The van der Waals surface area contributed by atoms with Crippen molar-refractivity contribution in [3.63, 3.8) is 0 Å². The van der Waals surface area contributed by atoms with Gasteiger partial charge < -0.3 is 9.47 Å². The summed E-state index contributed by atoms with van der Waals surface area (Å²) in [5.41, 5.74) is -1.35. The van der Waals surface area contributed by atoms with Gasteiger partial charge in [0.05, 0.1) is 11.1 Å². The maximum absolute atomic E-state index is 14.9. The second kappa shape index (κ2) is 13.5. The summed E-state index contributed by atoms with van der Waals surface area (Å²) in [4.78, 5) is 0. The molecule has 0 bridgehead atoms. The topological polar surface area (TPSA) is 18.5 Å². The number of benzene rings is 4. The van der Waals surface area contributed by atoms with Crippen LogP contribution in [0.2, 0.25) is 0 Å². The van der Waals surface area contributed by atoms with Crippen molar-refractivity contribution in [2.75, 3.05) is 0 Å². The first-order valence-electron chi connectivity index (χ1n) is 13.4. The Labute approximate surface area is 251 Å². The number of hydrogen-bond donors (Lipinski definition) is 0. The Kier molecular flexibility index (Phi) is 10.0. The lowest BCUT2D eigenvalue weighted by Gasteiger charge is -2.19. The molecule has 4 aromatic carbocycles. The van der Waals surface area contributed by atoms with Crippen LogP contribution in [0, 0.1) is 40.9 Å². The van der Waals surface area contributed by atoms with E-state index in [1.807, 2.05) is 6.92 Å². The molecule has 0 amide bonds. The van der Waals surface area contributed by atoms with Gasteiger partial charge in [0.15, 0.2) is 11.6 Å². The largest absolute Gasteiger partial charge is 0.573 e. The van der Waals surface area contributed by atoms with Crippen LogP contribution in [0.15, 0.2) is 66.7 Å². The molecule has 0 aromatic heterocycles. The number of rotatable bonds is 9. The normalized spacial score (nSPS) is 11.6. The van der Waals surface area contributed by atoms with Crippen molar-refractivity contribution < 1.29 is 53.4 Å². The molecule has 0 N–H and O–H groups in total. The van der Waals surface area contributed by atoms with Crippen LogP contribution in [0.3, 0.4) is 0 Å². The molecule has 0 aliphatic rings. The summed E-state index contributed by atoms with van der Waals surface area (Å²) in [6.07, 6.45) is -6.14. The lowest BCUT2D eigenvalue weighted by molar-refractivity contribution is -0.276. The molecule has 0 spiro atoms. The van der Waals surface area contributed by atoms with E-state index in [0.717, 1.165) is 55.2 Å². The molecule has 0 fully saturated rings. The SMILES string of the molecule is CCCCCc1ccc(-c2ccc(C(F)(F)Oc3ccc(C#Cc4cc(F)c(OC(F)(F)F)c(F)c4)c(F)c3)c(F)c2)c(F)c1. The van der Waals surface area contributed by atoms with Crippen molar-refractivity contribution in [3.8, 4) is 34.5 Å². The molecule has 2 nitrogen and oxygen atoms in total. The quantitative estimate of drug-likeness (QED) is 0.103. The second-order valence-electron chi connectivity index (χ2n) is 9.79. The highest BCUT2D eigenvalue weighted by molar-refractivity contribution is 5.65. The zero-order valence-corrected chi connectivity index (χ0v) is 23.3. The van der Waals surface area contributed by atoms with Gasteiger partial charge in [0.25, 0.3) is 0 Å². The van der Waals surface area contributed by atoms with Gasteiger partial charge in [-0.2, -0.15) is 8.78 Å². The molecule has 12 heteroatoms. The van der Waals surface area contributed by atoms with Crippen molar-refractivity contribution in [2.45, 2.75) is 45.1 Å². The van der Waals surface area contributed by atoms with Gasteiger partial charge in [0, 0.05) is 17.2 Å². The summed E-state index contributed by atoms with van der Waals surface area (Å²) in [7, 11) is 0. The molecule has 0 radical (unpaired) electrons. The highest BCUT2D eigenvalue weighted by Gasteiger charge is 2.38. The minimum absolute atomic E-state index is 0.0127. The Morgan fingerprint density at radius 3 is 1.96 bits per heavy atom. The molecule has 0 saturated carbocycles. The Morgan fingerprint density at radius 2 is 1.36 bits per heavy atom. The smallest absolute Gasteiger partial charge is 0.429 e. The molecule has 0 heterocycles. The van der Waals surface area contributed by atoms with E-state index in [-0.39, 0.29) is 11.1 Å². The average Bonchev–Trinajstić information content (AvgIpc) is 2.94. The number of hydrogen-bond acceptors (Lipinski definition) is 2. The average molecular weight is 641 g/mol. The second-order valence-corrected chi connectivity index (χ2v) is 9.79. The zero-order valence-electron chi connectivity index (χ0n) is 23.3. The van der Waals surface area contributed by atoms with Gasteiger partial charge in [-0.3, -0.25) is 0 Å². The van der Waals surface area contributed by atoms with Crippen LogP contribution >= 0.6 is 0 Å². The third-order valence-corrected chi connectivity index (χ3v) is 6.44. The van der Waals surface area contributed by atoms with E-state index in [9.17, 15) is 43.9 Å². The van der Waals surface area contributed by atoms with Gasteiger partial charge in [-0.05, 0) is 66.4 Å². The summed E-state index contributed by atoms with van der Waals surface area (Å²) in [6, 6.07) is 10.1. The highest BCUT2D eigenvalue weighted by Crippen LogP contribution is 2.36. The summed E-state index contributed by atoms with van der Waals surface area (Å²) >= 11 is 0. The molecule has 4 rings (SSSR count). The molecule has 0 aliphatic heterocycles. The van der Waals surface area contributed by atoms with E-state index in [0.29, 0.717) is 24.6 Å². The number of unbranched alkanes of at least 4 members (excludes halogenated alkanes) is 2. The van der Waals surface area contributed by atoms with E-state index in [4.69, 9.17) is 0 Å². The van der Waals surface area contributed by atoms with E-state index < -0.39 is 69.7 Å². The van der Waals surface area contributed by atoms with Gasteiger partial charge >= 0.3 is 12.5 Å². The van der Waals surface area contributed by atoms with Crippen LogP contribution in [0.25, 0.3) is 11.1 Å². The van der Waals surface area contributed by atoms with Gasteiger partial charge in [0.2, 0.25) is 5.75 Å². The fourth-order valence-corrected chi connectivity index (χ4v) is 4.29. The van der Waals surface area contributed by atoms with Gasteiger partial charge in [-0.1, -0.05) is 49.8 Å². The molecular weight excluding hydrogens is 618 g/mol. The predicted octanol–water partition coefficient (Wildman–Crippen LogP) is 10.2. The summed E-state index contributed by atoms with van der Waals surface area (Å²) < 4.78 is 146. The number of ether oxygens (including phenoxy) is 2. The predicted molar refractivity (Wildman–Crippen MR) is 145 cm³/mol. The van der Waals surface area contributed by atoms with Crippen molar-refractivity contribution >= 4 is 0 Å². The van der Waals surface area contributed by atoms with E-state index in [1.165, 1.54) is 12.1 Å². The summed E-state index contributed by atoms with van der Waals surface area (Å²) in [5, 5.41) is 0. The zero-order chi connectivity index (χ0) is 32.9. The van der Waals surface area contributed by atoms with Gasteiger partial charge in [-0.15, -0.1) is 13.2 Å². The monoisotopic (exact) mass is 640 g/mol. The lowest BCUT2D eigenvalue weighted by Crippen LogP contribution is -2.23. The molecule has 0 saturated heterocycles. The Morgan fingerprint density at radius 1 is 0.644 bits per heavy atom. The molecule has 0 aliphatic carbocycles. The van der Waals surface area contributed by atoms with Crippen molar-refractivity contribution in [2.24, 2.45) is 0 Å². The molecule has 236 valence electrons. The fourth-order valence-electron chi connectivity index (χ4n) is 4.29. The van der Waals surface area contributed by atoms with Crippen LogP contribution in [0.4, 0.5) is 43.9 Å². The Bertz CT molecular complexity index is 1730. The first-order chi connectivity index (χ1) is 21.2. The Balaban J connectivity index is 1.49. The molecule has 0 unspecified atom stereocenters. The standard InChI is InChI=1S/C33H22F10O2/c1-2-3-4-5-19-7-12-24(27(35)14-19)22-10-13-25(28(36)17-22)32(39,40)44-23-11-9-21(26(34)18-23)8-6-20-15-29(37)31(30(38)16-20)45-33(41,42)43/h7,9-18H,2-5H2,1H3. The number of alkyl halides is 5. The van der Waals surface area contributed by atoms with Crippen molar-refractivity contribution in [1.82, 2.24) is 0 Å². The maximum Gasteiger partial charge on any atom is 0.573 e. The van der Waals surface area contributed by atoms with E-state index >= 15 is 0 Å². The third kappa shape index (κ3) is 8.50. The minimum Gasteiger partial charge on any atom is -0.429 e. The summed E-state index contributed by atoms with van der Waals surface area (Å²) in [6.45, 7) is 2.04. The first-order valence-corrected chi connectivity index (χ1v) is 13.4. The number of halogens is 10. The van der Waals surface area contributed by atoms with Gasteiger partial charge in [0.1, 0.15) is 23.2 Å². The third-order valence-electron chi connectivity index (χ3n) is 6.44. The highest BCUT2D eigenvalue weighted by atomic mass is 19.4. The van der Waals surface area contributed by atoms with Crippen molar-refractivity contribution in [3.05, 3.63) is 118 Å². The van der Waals surface area contributed by atoms with Crippen LogP contribution in [-0.2, 0) is 12.5 Å². The first kappa shape index (κ1) is 33.2. The van der Waals surface area contributed by atoms with Crippen LogP contribution in [0.1, 0.15) is 48.4 Å². The van der Waals surface area contributed by atoms with E-state index in [2.05, 4.69) is 21.3 Å². The van der Waals surface area contributed by atoms with E-state index in [1.54, 1.807) is 6.07 Å². The van der Waals surface area contributed by atoms with Crippen molar-refractivity contribution in [1.29, 1.82) is 0 Å². The van der Waals surface area contributed by atoms with Crippen LogP contribution in [-0.4, -0.2) is 6.36 Å². The Hall–Kier alpha value is -4.66. The maximum atomic E-state index is 14.9. The van der Waals surface area contributed by atoms with Crippen LogP contribution in [0.5, 0.6) is 11.5 Å². The molecule has 0 atom stereocenters. The van der Waals surface area contributed by atoms with Gasteiger partial charge in [-0.25, -0.2) is 22.0 Å². The molecule has 45 heavy (non-hydrogen) atoms.